The summed E-state index contributed by atoms with van der Waals surface area (Å²) < 4.78 is 0. The second-order valence-electron chi connectivity index (χ2n) is 8.18. The summed E-state index contributed by atoms with van der Waals surface area (Å²) in [4.78, 5) is 43.2. The van der Waals surface area contributed by atoms with Gasteiger partial charge in [0, 0.05) is 31.7 Å². The number of nitrogens with one attached hydrogen (secondary N) is 1. The molecule has 0 radical (unpaired) electrons. The quantitative estimate of drug-likeness (QED) is 0.858. The minimum atomic E-state index is -0.906. The van der Waals surface area contributed by atoms with Crippen molar-refractivity contribution in [3.63, 3.8) is 0 Å². The Bertz CT molecular complexity index is 744. The lowest BCUT2D eigenvalue weighted by Crippen LogP contribution is -2.45. The van der Waals surface area contributed by atoms with E-state index in [4.69, 9.17) is 0 Å². The van der Waals surface area contributed by atoms with Crippen molar-refractivity contribution in [1.29, 1.82) is 0 Å². The normalized spacial score (nSPS) is 24.9. The molecule has 4 rings (SSSR count). The van der Waals surface area contributed by atoms with Crippen molar-refractivity contribution >= 4 is 17.8 Å². The fraction of sp³-hybridized carbons (Fsp3) is 0.632. The average Bonchev–Trinajstić information content (AvgIpc) is 3.28. The maximum atomic E-state index is 12.6. The number of aryl methyl sites for hydroxylation is 1. The van der Waals surface area contributed by atoms with Crippen LogP contribution in [0.1, 0.15) is 48.2 Å². The fourth-order valence-electron chi connectivity index (χ4n) is 4.42. The number of aromatic amines is 1. The minimum Gasteiger partial charge on any atom is -0.480 e. The summed E-state index contributed by atoms with van der Waals surface area (Å²) in [5, 5.41) is 9.58. The number of hydrogen-bond donors (Lipinski definition) is 2. The Hall–Kier alpha value is -2.31. The second-order valence-corrected chi connectivity index (χ2v) is 8.18. The largest absolute Gasteiger partial charge is 0.480 e. The number of piperidine rings is 1. The minimum absolute atomic E-state index is 0.00774. The van der Waals surface area contributed by atoms with Gasteiger partial charge in [0.2, 0.25) is 5.91 Å². The van der Waals surface area contributed by atoms with Crippen LogP contribution in [-0.2, 0) is 9.59 Å². The zero-order valence-electron chi connectivity index (χ0n) is 15.0. The molecule has 3 aliphatic rings. The van der Waals surface area contributed by atoms with Crippen LogP contribution >= 0.6 is 0 Å². The summed E-state index contributed by atoms with van der Waals surface area (Å²) in [5.41, 5.74) is 1.45. The van der Waals surface area contributed by atoms with Gasteiger partial charge in [0.05, 0.1) is 0 Å². The lowest BCUT2D eigenvalue weighted by Gasteiger charge is -2.39. The number of rotatable bonds is 3. The highest BCUT2D eigenvalue weighted by molar-refractivity contribution is 5.92. The zero-order chi connectivity index (χ0) is 18.5. The van der Waals surface area contributed by atoms with Gasteiger partial charge in [-0.25, -0.2) is 4.79 Å². The number of carboxylic acids is 1. The van der Waals surface area contributed by atoms with Crippen molar-refractivity contribution in [3.05, 3.63) is 23.5 Å². The Morgan fingerprint density at radius 3 is 2.46 bits per heavy atom. The van der Waals surface area contributed by atoms with Crippen molar-refractivity contribution in [2.45, 2.75) is 45.1 Å². The number of aliphatic carboxylic acids is 1. The lowest BCUT2D eigenvalue weighted by atomic mass is 9.76. The summed E-state index contributed by atoms with van der Waals surface area (Å²) in [6.45, 7) is 3.67. The van der Waals surface area contributed by atoms with Gasteiger partial charge in [0.25, 0.3) is 5.91 Å². The van der Waals surface area contributed by atoms with E-state index in [1.165, 1.54) is 0 Å². The van der Waals surface area contributed by atoms with Crippen molar-refractivity contribution in [2.24, 2.45) is 11.3 Å². The second kappa shape index (κ2) is 6.14. The molecule has 1 aromatic heterocycles. The Morgan fingerprint density at radius 1 is 1.23 bits per heavy atom. The number of carbonyl (C=O) groups excluding carboxylic acids is 2. The van der Waals surface area contributed by atoms with Crippen LogP contribution in [0.5, 0.6) is 0 Å². The Morgan fingerprint density at radius 2 is 1.92 bits per heavy atom. The van der Waals surface area contributed by atoms with E-state index in [-0.39, 0.29) is 23.1 Å². The molecule has 0 bridgehead atoms. The number of amides is 2. The van der Waals surface area contributed by atoms with Gasteiger partial charge in [-0.05, 0) is 56.1 Å². The monoisotopic (exact) mass is 359 g/mol. The molecular weight excluding hydrogens is 334 g/mol. The van der Waals surface area contributed by atoms with Crippen LogP contribution in [0, 0.1) is 18.3 Å². The highest BCUT2D eigenvalue weighted by Crippen LogP contribution is 2.45. The van der Waals surface area contributed by atoms with Crippen LogP contribution in [-0.4, -0.2) is 63.4 Å². The Labute approximate surface area is 152 Å². The van der Waals surface area contributed by atoms with Gasteiger partial charge < -0.3 is 19.9 Å². The molecule has 7 nitrogen and oxygen atoms in total. The number of aromatic nitrogens is 1. The molecule has 3 fully saturated rings. The third-order valence-corrected chi connectivity index (χ3v) is 6.17. The number of carboxylic acid groups (broad SMARTS) is 1. The molecule has 0 unspecified atom stereocenters. The van der Waals surface area contributed by atoms with Crippen LogP contribution in [0.4, 0.5) is 0 Å². The molecule has 26 heavy (non-hydrogen) atoms. The average molecular weight is 359 g/mol. The summed E-state index contributed by atoms with van der Waals surface area (Å²) in [7, 11) is 0. The molecule has 1 spiro atoms. The van der Waals surface area contributed by atoms with Crippen molar-refractivity contribution < 1.29 is 19.5 Å². The molecule has 0 aromatic carbocycles. The molecule has 2 amide bonds. The summed E-state index contributed by atoms with van der Waals surface area (Å²) >= 11 is 0. The number of hydrogen-bond acceptors (Lipinski definition) is 3. The van der Waals surface area contributed by atoms with Gasteiger partial charge in [-0.15, -0.1) is 0 Å². The number of H-pyrrole nitrogens is 1. The van der Waals surface area contributed by atoms with Crippen LogP contribution in [0.15, 0.2) is 12.3 Å². The molecule has 140 valence electrons. The molecule has 1 aliphatic carbocycles. The molecule has 1 aromatic rings. The first-order valence-electron chi connectivity index (χ1n) is 9.36. The van der Waals surface area contributed by atoms with E-state index in [0.29, 0.717) is 31.7 Å². The molecule has 3 heterocycles. The Balaban J connectivity index is 1.43. The van der Waals surface area contributed by atoms with E-state index in [2.05, 4.69) is 4.98 Å². The standard InChI is InChI=1S/C19H25N3O4/c1-12-8-14(20-10-12)17(24)21-6-4-19(5-7-21)9-15(18(25)26)22(11-19)16(23)13-2-3-13/h8,10,13,15,20H,2-7,9,11H2,1H3,(H,25,26)/t15-/m1/s1. The van der Waals surface area contributed by atoms with Crippen LogP contribution in [0.3, 0.4) is 0 Å². The molecule has 2 aliphatic heterocycles. The van der Waals surface area contributed by atoms with Crippen LogP contribution in [0.2, 0.25) is 0 Å². The first-order valence-corrected chi connectivity index (χ1v) is 9.36. The molecule has 1 saturated carbocycles. The van der Waals surface area contributed by atoms with Gasteiger partial charge in [-0.2, -0.15) is 0 Å². The maximum absolute atomic E-state index is 12.6. The van der Waals surface area contributed by atoms with Gasteiger partial charge in [0.1, 0.15) is 11.7 Å². The number of carbonyl (C=O) groups is 3. The van der Waals surface area contributed by atoms with Gasteiger partial charge in [0.15, 0.2) is 0 Å². The highest BCUT2D eigenvalue weighted by atomic mass is 16.4. The molecule has 2 N–H and O–H groups in total. The van der Waals surface area contributed by atoms with Gasteiger partial charge in [-0.1, -0.05) is 0 Å². The zero-order valence-corrected chi connectivity index (χ0v) is 15.0. The Kier molecular flexibility index (Phi) is 4.04. The molecule has 1 atom stereocenters. The summed E-state index contributed by atoms with van der Waals surface area (Å²) in [5.74, 6) is -0.873. The number of likely N-dealkylation sites (tertiary alicyclic amines) is 2. The van der Waals surface area contributed by atoms with E-state index in [9.17, 15) is 19.5 Å². The highest BCUT2D eigenvalue weighted by Gasteiger charge is 2.52. The van der Waals surface area contributed by atoms with E-state index >= 15 is 0 Å². The number of nitrogens with zero attached hydrogens (tertiary/aromatic N) is 2. The van der Waals surface area contributed by atoms with Crippen molar-refractivity contribution in [2.75, 3.05) is 19.6 Å². The lowest BCUT2D eigenvalue weighted by molar-refractivity contribution is -0.148. The molecule has 2 saturated heterocycles. The van der Waals surface area contributed by atoms with E-state index < -0.39 is 12.0 Å². The van der Waals surface area contributed by atoms with Gasteiger partial charge >= 0.3 is 5.97 Å². The fourth-order valence-corrected chi connectivity index (χ4v) is 4.42. The molecular formula is C19H25N3O4. The SMILES string of the molecule is Cc1c[nH]c(C(=O)N2CCC3(CC2)C[C@H](C(=O)O)N(C(=O)C2CC2)C3)c1. The van der Waals surface area contributed by atoms with Crippen molar-refractivity contribution in [1.82, 2.24) is 14.8 Å². The van der Waals surface area contributed by atoms with E-state index in [0.717, 1.165) is 31.2 Å². The van der Waals surface area contributed by atoms with E-state index in [1.54, 1.807) is 4.90 Å². The van der Waals surface area contributed by atoms with Crippen molar-refractivity contribution in [3.8, 4) is 0 Å². The topological polar surface area (TPSA) is 93.7 Å². The smallest absolute Gasteiger partial charge is 0.326 e. The van der Waals surface area contributed by atoms with E-state index in [1.807, 2.05) is 24.1 Å². The first-order chi connectivity index (χ1) is 12.4. The maximum Gasteiger partial charge on any atom is 0.326 e. The van der Waals surface area contributed by atoms with Crippen LogP contribution in [0.25, 0.3) is 0 Å². The third-order valence-electron chi connectivity index (χ3n) is 6.17. The van der Waals surface area contributed by atoms with Gasteiger partial charge in [-0.3, -0.25) is 9.59 Å². The predicted molar refractivity (Wildman–Crippen MR) is 93.6 cm³/mol. The summed E-state index contributed by atoms with van der Waals surface area (Å²) in [6, 6.07) is 1.13. The molecule has 7 heteroatoms. The summed E-state index contributed by atoms with van der Waals surface area (Å²) in [6.07, 6.45) is 5.57. The predicted octanol–water partition coefficient (Wildman–Crippen LogP) is 1.64. The third kappa shape index (κ3) is 2.99. The first kappa shape index (κ1) is 17.1. The van der Waals surface area contributed by atoms with Crippen LogP contribution < -0.4 is 0 Å².